The summed E-state index contributed by atoms with van der Waals surface area (Å²) >= 11 is 1.50. The number of hydrogen-bond donors (Lipinski definition) is 1. The third-order valence-corrected chi connectivity index (χ3v) is 2.57. The van der Waals surface area contributed by atoms with Gasteiger partial charge < -0.3 is 0 Å². The summed E-state index contributed by atoms with van der Waals surface area (Å²) in [4.78, 5) is 8.33. The summed E-state index contributed by atoms with van der Waals surface area (Å²) in [6.07, 6.45) is 5.40. The fourth-order valence-electron chi connectivity index (χ4n) is 1.21. The molecule has 0 unspecified atom stereocenters. The highest BCUT2D eigenvalue weighted by molar-refractivity contribution is 7.98. The highest BCUT2D eigenvalue weighted by Crippen LogP contribution is 2.10. The zero-order chi connectivity index (χ0) is 11.9. The van der Waals surface area contributed by atoms with E-state index in [0.717, 1.165) is 10.7 Å². The molecule has 86 valence electrons. The van der Waals surface area contributed by atoms with Crippen LogP contribution < -0.4 is 5.43 Å². The molecule has 5 heteroatoms. The average Bonchev–Trinajstić information content (AvgIpc) is 2.40. The zero-order valence-corrected chi connectivity index (χ0v) is 10.2. The number of anilines is 1. The number of aromatic nitrogens is 2. The Hall–Kier alpha value is -1.88. The van der Waals surface area contributed by atoms with Gasteiger partial charge in [-0.2, -0.15) is 5.10 Å². The minimum Gasteiger partial charge on any atom is -0.261 e. The predicted molar refractivity (Wildman–Crippen MR) is 71.5 cm³/mol. The monoisotopic (exact) mass is 244 g/mol. The van der Waals surface area contributed by atoms with Gasteiger partial charge in [0.2, 0.25) is 0 Å². The molecule has 0 atom stereocenters. The van der Waals surface area contributed by atoms with E-state index >= 15 is 0 Å². The van der Waals surface area contributed by atoms with Gasteiger partial charge in [0.1, 0.15) is 0 Å². The van der Waals surface area contributed by atoms with Crippen molar-refractivity contribution < 1.29 is 0 Å². The van der Waals surface area contributed by atoms with Crippen LogP contribution in [0.2, 0.25) is 0 Å². The summed E-state index contributed by atoms with van der Waals surface area (Å²) in [6.45, 7) is 0. The maximum atomic E-state index is 4.25. The van der Waals surface area contributed by atoms with Crippen molar-refractivity contribution >= 4 is 23.8 Å². The molecule has 17 heavy (non-hydrogen) atoms. The largest absolute Gasteiger partial charge is 0.261 e. The van der Waals surface area contributed by atoms with Crippen molar-refractivity contribution in [1.82, 2.24) is 9.97 Å². The second-order valence-corrected chi connectivity index (χ2v) is 3.98. The first kappa shape index (κ1) is 11.6. The Morgan fingerprint density at radius 2 is 2.06 bits per heavy atom. The molecule has 0 saturated heterocycles. The molecule has 0 spiro atoms. The summed E-state index contributed by atoms with van der Waals surface area (Å²) in [5, 5.41) is 4.84. The second-order valence-electron chi connectivity index (χ2n) is 3.21. The highest BCUT2D eigenvalue weighted by atomic mass is 32.2. The highest BCUT2D eigenvalue weighted by Gasteiger charge is 1.95. The molecule has 0 amide bonds. The number of thioether (sulfide) groups is 1. The lowest BCUT2D eigenvalue weighted by atomic mass is 10.2. The normalized spacial score (nSPS) is 10.6. The van der Waals surface area contributed by atoms with Crippen LogP contribution in [0, 0.1) is 0 Å². The first-order chi connectivity index (χ1) is 8.38. The minimum atomic E-state index is 0.691. The Bertz CT molecular complexity index is 499. The SMILES string of the molecule is CSc1nccc(NN=Cc2ccccc2)n1. The molecule has 0 saturated carbocycles. The van der Waals surface area contributed by atoms with E-state index in [1.54, 1.807) is 18.5 Å². The van der Waals surface area contributed by atoms with Gasteiger partial charge in [0.05, 0.1) is 6.21 Å². The van der Waals surface area contributed by atoms with Crippen molar-refractivity contribution in [2.45, 2.75) is 5.16 Å². The van der Waals surface area contributed by atoms with Crippen molar-refractivity contribution in [2.75, 3.05) is 11.7 Å². The topological polar surface area (TPSA) is 50.2 Å². The second kappa shape index (κ2) is 6.00. The van der Waals surface area contributed by atoms with Crippen LogP contribution in [-0.2, 0) is 0 Å². The van der Waals surface area contributed by atoms with Gasteiger partial charge in [-0.1, -0.05) is 42.1 Å². The van der Waals surface area contributed by atoms with Crippen LogP contribution in [0.3, 0.4) is 0 Å². The van der Waals surface area contributed by atoms with E-state index in [2.05, 4.69) is 20.5 Å². The summed E-state index contributed by atoms with van der Waals surface area (Å²) in [5.41, 5.74) is 3.91. The number of nitrogens with zero attached hydrogens (tertiary/aromatic N) is 3. The molecule has 0 aliphatic heterocycles. The lowest BCUT2D eigenvalue weighted by molar-refractivity contribution is 0.967. The molecule has 2 rings (SSSR count). The first-order valence-electron chi connectivity index (χ1n) is 5.09. The van der Waals surface area contributed by atoms with Gasteiger partial charge in [-0.25, -0.2) is 9.97 Å². The Labute approximate surface area is 104 Å². The van der Waals surface area contributed by atoms with Gasteiger partial charge >= 0.3 is 0 Å². The molecule has 1 heterocycles. The summed E-state index contributed by atoms with van der Waals surface area (Å²) in [5.74, 6) is 0.691. The van der Waals surface area contributed by atoms with Crippen LogP contribution in [0.1, 0.15) is 5.56 Å². The van der Waals surface area contributed by atoms with E-state index in [4.69, 9.17) is 0 Å². The van der Waals surface area contributed by atoms with E-state index < -0.39 is 0 Å². The van der Waals surface area contributed by atoms with Gasteiger partial charge in [-0.05, 0) is 11.8 Å². The van der Waals surface area contributed by atoms with Crippen molar-refractivity contribution in [2.24, 2.45) is 5.10 Å². The fraction of sp³-hybridized carbons (Fsp3) is 0.0833. The van der Waals surface area contributed by atoms with Gasteiger partial charge in [0.25, 0.3) is 0 Å². The van der Waals surface area contributed by atoms with Crippen LogP contribution in [-0.4, -0.2) is 22.4 Å². The fourth-order valence-corrected chi connectivity index (χ4v) is 1.57. The Morgan fingerprint density at radius 3 is 2.82 bits per heavy atom. The van der Waals surface area contributed by atoms with Crippen LogP contribution in [0.25, 0.3) is 0 Å². The van der Waals surface area contributed by atoms with Crippen molar-refractivity contribution in [3.05, 3.63) is 48.2 Å². The maximum absolute atomic E-state index is 4.25. The van der Waals surface area contributed by atoms with E-state index in [-0.39, 0.29) is 0 Å². The number of benzene rings is 1. The molecule has 0 radical (unpaired) electrons. The summed E-state index contributed by atoms with van der Waals surface area (Å²) < 4.78 is 0. The van der Waals surface area contributed by atoms with Crippen LogP contribution >= 0.6 is 11.8 Å². The standard InChI is InChI=1S/C12H12N4S/c1-17-12-13-8-7-11(15-12)16-14-9-10-5-3-2-4-6-10/h2-9H,1H3,(H,13,15,16). The number of hydrazone groups is 1. The van der Waals surface area contributed by atoms with Gasteiger partial charge in [-0.3, -0.25) is 5.43 Å². The van der Waals surface area contributed by atoms with E-state index in [0.29, 0.717) is 5.82 Å². The molecule has 1 aromatic heterocycles. The van der Waals surface area contributed by atoms with E-state index in [9.17, 15) is 0 Å². The van der Waals surface area contributed by atoms with Crippen LogP contribution in [0.4, 0.5) is 5.82 Å². The number of nitrogens with one attached hydrogen (secondary N) is 1. The summed E-state index contributed by atoms with van der Waals surface area (Å²) in [6, 6.07) is 11.7. The van der Waals surface area contributed by atoms with Crippen LogP contribution in [0.15, 0.2) is 52.9 Å². The van der Waals surface area contributed by atoms with Gasteiger partial charge in [0.15, 0.2) is 11.0 Å². The summed E-state index contributed by atoms with van der Waals surface area (Å²) in [7, 11) is 0. The quantitative estimate of drug-likeness (QED) is 0.389. The molecule has 2 aromatic rings. The van der Waals surface area contributed by atoms with Crippen LogP contribution in [0.5, 0.6) is 0 Å². The molecular weight excluding hydrogens is 232 g/mol. The third kappa shape index (κ3) is 3.57. The average molecular weight is 244 g/mol. The van der Waals surface area contributed by atoms with Crippen molar-refractivity contribution in [1.29, 1.82) is 0 Å². The van der Waals surface area contributed by atoms with Gasteiger partial charge in [0, 0.05) is 12.3 Å². The van der Waals surface area contributed by atoms with Gasteiger partial charge in [-0.15, -0.1) is 0 Å². The lowest BCUT2D eigenvalue weighted by Crippen LogP contribution is -1.95. The molecule has 0 fully saturated rings. The molecule has 1 N–H and O–H groups in total. The Balaban J connectivity index is 2.00. The Kier molecular flexibility index (Phi) is 4.10. The lowest BCUT2D eigenvalue weighted by Gasteiger charge is -2.00. The molecular formula is C12H12N4S. The number of rotatable bonds is 4. The van der Waals surface area contributed by atoms with Crippen molar-refractivity contribution in [3.8, 4) is 0 Å². The maximum Gasteiger partial charge on any atom is 0.189 e. The molecule has 1 aromatic carbocycles. The van der Waals surface area contributed by atoms with E-state index in [1.165, 1.54) is 11.8 Å². The van der Waals surface area contributed by atoms with E-state index in [1.807, 2.05) is 36.6 Å². The minimum absolute atomic E-state index is 0.691. The Morgan fingerprint density at radius 1 is 1.24 bits per heavy atom. The molecule has 4 nitrogen and oxygen atoms in total. The van der Waals surface area contributed by atoms with Crippen molar-refractivity contribution in [3.63, 3.8) is 0 Å². The smallest absolute Gasteiger partial charge is 0.189 e. The predicted octanol–water partition coefficient (Wildman–Crippen LogP) is 2.64. The molecule has 0 aliphatic rings. The zero-order valence-electron chi connectivity index (χ0n) is 9.37. The third-order valence-electron chi connectivity index (χ3n) is 2.01. The first-order valence-corrected chi connectivity index (χ1v) is 6.32. The molecule has 0 aliphatic carbocycles. The molecule has 0 bridgehead atoms. The number of hydrogen-bond acceptors (Lipinski definition) is 5.